The van der Waals surface area contributed by atoms with Gasteiger partial charge in [0.15, 0.2) is 5.78 Å². The van der Waals surface area contributed by atoms with Gasteiger partial charge < -0.3 is 0 Å². The first-order valence-corrected chi connectivity index (χ1v) is 7.78. The van der Waals surface area contributed by atoms with Crippen molar-refractivity contribution in [2.75, 3.05) is 0 Å². The average molecular weight is 311 g/mol. The fourth-order valence-electron chi connectivity index (χ4n) is 2.23. The van der Waals surface area contributed by atoms with Crippen molar-refractivity contribution in [3.05, 3.63) is 108 Å². The van der Waals surface area contributed by atoms with E-state index in [1.807, 2.05) is 85.1 Å². The van der Waals surface area contributed by atoms with Crippen LogP contribution in [0.5, 0.6) is 0 Å². The van der Waals surface area contributed by atoms with E-state index in [9.17, 15) is 4.79 Å². The van der Waals surface area contributed by atoms with E-state index in [4.69, 9.17) is 0 Å². The molecule has 0 aliphatic heterocycles. The molecule has 0 aliphatic rings. The van der Waals surface area contributed by atoms with Crippen LogP contribution in [-0.2, 0) is 0 Å². The second-order valence-corrected chi connectivity index (χ2v) is 5.32. The highest BCUT2D eigenvalue weighted by Crippen LogP contribution is 2.14. The zero-order valence-electron chi connectivity index (χ0n) is 13.2. The number of hydrogen-bond acceptors (Lipinski definition) is 2. The van der Waals surface area contributed by atoms with Crippen molar-refractivity contribution in [3.8, 4) is 0 Å². The van der Waals surface area contributed by atoms with E-state index in [-0.39, 0.29) is 5.78 Å². The zero-order valence-corrected chi connectivity index (χ0v) is 13.2. The van der Waals surface area contributed by atoms with Crippen LogP contribution in [0.2, 0.25) is 0 Å². The summed E-state index contributed by atoms with van der Waals surface area (Å²) in [5.41, 5.74) is 3.53. The van der Waals surface area contributed by atoms with Crippen LogP contribution in [0.25, 0.3) is 6.08 Å². The molecule has 0 fully saturated rings. The molecule has 0 aliphatic carbocycles. The number of carbonyl (C=O) groups is 1. The molecule has 0 unspecified atom stereocenters. The molecule has 2 nitrogen and oxygen atoms in total. The lowest BCUT2D eigenvalue weighted by atomic mass is 10.1. The van der Waals surface area contributed by atoms with Crippen LogP contribution in [-0.4, -0.2) is 12.0 Å². The zero-order chi connectivity index (χ0) is 16.6. The van der Waals surface area contributed by atoms with E-state index in [1.165, 1.54) is 0 Å². The van der Waals surface area contributed by atoms with Gasteiger partial charge in [-0.1, -0.05) is 66.7 Å². The monoisotopic (exact) mass is 311 g/mol. The Morgan fingerprint density at radius 1 is 0.708 bits per heavy atom. The van der Waals surface area contributed by atoms with E-state index in [0.717, 1.165) is 16.8 Å². The van der Waals surface area contributed by atoms with Crippen molar-refractivity contribution in [3.63, 3.8) is 0 Å². The Morgan fingerprint density at radius 3 is 1.92 bits per heavy atom. The molecule has 0 spiro atoms. The van der Waals surface area contributed by atoms with Gasteiger partial charge in [-0.25, -0.2) is 0 Å². The smallest absolute Gasteiger partial charge is 0.185 e. The molecule has 3 rings (SSSR count). The first-order chi connectivity index (χ1) is 11.8. The van der Waals surface area contributed by atoms with Gasteiger partial charge in [-0.3, -0.25) is 9.79 Å². The van der Waals surface area contributed by atoms with Crippen molar-refractivity contribution in [2.24, 2.45) is 4.99 Å². The molecule has 0 aromatic heterocycles. The SMILES string of the molecule is O=C(/C=C/c1ccccc1)c1ccc(N=Cc2ccccc2)cc1. The third-order valence-electron chi connectivity index (χ3n) is 3.54. The minimum atomic E-state index is -0.0163. The minimum absolute atomic E-state index is 0.0163. The van der Waals surface area contributed by atoms with Crippen molar-refractivity contribution in [1.82, 2.24) is 0 Å². The van der Waals surface area contributed by atoms with Crippen molar-refractivity contribution in [2.45, 2.75) is 0 Å². The molecule has 24 heavy (non-hydrogen) atoms. The van der Waals surface area contributed by atoms with Gasteiger partial charge >= 0.3 is 0 Å². The summed E-state index contributed by atoms with van der Waals surface area (Å²) in [6, 6.07) is 27.0. The van der Waals surface area contributed by atoms with Gasteiger partial charge in [0.2, 0.25) is 0 Å². The van der Waals surface area contributed by atoms with E-state index in [1.54, 1.807) is 18.2 Å². The number of aliphatic imine (C=N–C) groups is 1. The van der Waals surface area contributed by atoms with Crippen LogP contribution < -0.4 is 0 Å². The van der Waals surface area contributed by atoms with Crippen molar-refractivity contribution >= 4 is 23.8 Å². The molecule has 3 aromatic carbocycles. The van der Waals surface area contributed by atoms with Gasteiger partial charge in [0.1, 0.15) is 0 Å². The Hall–Kier alpha value is -3.26. The molecular formula is C22H17NO. The lowest BCUT2D eigenvalue weighted by Crippen LogP contribution is -1.93. The maximum absolute atomic E-state index is 12.2. The molecule has 116 valence electrons. The predicted octanol–water partition coefficient (Wildman–Crippen LogP) is 5.33. The first kappa shape index (κ1) is 15.6. The Morgan fingerprint density at radius 2 is 1.29 bits per heavy atom. The molecule has 0 amide bonds. The maximum Gasteiger partial charge on any atom is 0.185 e. The number of carbonyl (C=O) groups excluding carboxylic acids is 1. The largest absolute Gasteiger partial charge is 0.289 e. The number of nitrogens with zero attached hydrogens (tertiary/aromatic N) is 1. The van der Waals surface area contributed by atoms with Crippen LogP contribution >= 0.6 is 0 Å². The number of ketones is 1. The lowest BCUT2D eigenvalue weighted by Gasteiger charge is -1.98. The Labute approximate surface area is 141 Å². The molecule has 0 radical (unpaired) electrons. The van der Waals surface area contributed by atoms with Gasteiger partial charge in [-0.15, -0.1) is 0 Å². The predicted molar refractivity (Wildman–Crippen MR) is 99.9 cm³/mol. The molecule has 0 bridgehead atoms. The van der Waals surface area contributed by atoms with Crippen LogP contribution in [0.4, 0.5) is 5.69 Å². The van der Waals surface area contributed by atoms with Gasteiger partial charge in [0.05, 0.1) is 5.69 Å². The fourth-order valence-corrected chi connectivity index (χ4v) is 2.23. The molecule has 3 aromatic rings. The average Bonchev–Trinajstić information content (AvgIpc) is 2.66. The molecule has 0 N–H and O–H groups in total. The third-order valence-corrected chi connectivity index (χ3v) is 3.54. The van der Waals surface area contributed by atoms with Crippen LogP contribution in [0.15, 0.2) is 96.0 Å². The van der Waals surface area contributed by atoms with E-state index in [2.05, 4.69) is 4.99 Å². The van der Waals surface area contributed by atoms with Crippen molar-refractivity contribution < 1.29 is 4.79 Å². The van der Waals surface area contributed by atoms with Gasteiger partial charge in [0.25, 0.3) is 0 Å². The van der Waals surface area contributed by atoms with E-state index < -0.39 is 0 Å². The standard InChI is InChI=1S/C22H17NO/c24-22(16-11-18-7-3-1-4-8-18)20-12-14-21(15-13-20)23-17-19-9-5-2-6-10-19/h1-17H/b16-11+,23-17?. The summed E-state index contributed by atoms with van der Waals surface area (Å²) < 4.78 is 0. The summed E-state index contributed by atoms with van der Waals surface area (Å²) in [4.78, 5) is 16.6. The van der Waals surface area contributed by atoms with Gasteiger partial charge in [0, 0.05) is 11.8 Å². The third kappa shape index (κ3) is 4.37. The summed E-state index contributed by atoms with van der Waals surface area (Å²) in [6.07, 6.45) is 5.23. The second kappa shape index (κ2) is 7.84. The highest BCUT2D eigenvalue weighted by Gasteiger charge is 2.01. The summed E-state index contributed by atoms with van der Waals surface area (Å²) in [5, 5.41) is 0. The topological polar surface area (TPSA) is 29.4 Å². The number of rotatable bonds is 5. The van der Waals surface area contributed by atoms with Crippen molar-refractivity contribution in [1.29, 1.82) is 0 Å². The second-order valence-electron chi connectivity index (χ2n) is 5.32. The van der Waals surface area contributed by atoms with Crippen LogP contribution in [0.1, 0.15) is 21.5 Å². The quantitative estimate of drug-likeness (QED) is 0.355. The van der Waals surface area contributed by atoms with E-state index in [0.29, 0.717) is 5.56 Å². The summed E-state index contributed by atoms with van der Waals surface area (Å²) in [5.74, 6) is -0.0163. The van der Waals surface area contributed by atoms with Crippen LogP contribution in [0.3, 0.4) is 0 Å². The Balaban J connectivity index is 1.67. The Bertz CT molecular complexity index is 847. The summed E-state index contributed by atoms with van der Waals surface area (Å²) in [6.45, 7) is 0. The number of benzene rings is 3. The highest BCUT2D eigenvalue weighted by atomic mass is 16.1. The Kier molecular flexibility index (Phi) is 5.10. The normalized spacial score (nSPS) is 11.2. The summed E-state index contributed by atoms with van der Waals surface area (Å²) >= 11 is 0. The molecular weight excluding hydrogens is 294 g/mol. The van der Waals surface area contributed by atoms with Gasteiger partial charge in [-0.2, -0.15) is 0 Å². The molecule has 0 atom stereocenters. The van der Waals surface area contributed by atoms with Crippen LogP contribution in [0, 0.1) is 0 Å². The molecule has 0 saturated heterocycles. The van der Waals surface area contributed by atoms with Gasteiger partial charge in [-0.05, 0) is 41.5 Å². The highest BCUT2D eigenvalue weighted by molar-refractivity contribution is 6.07. The number of hydrogen-bond donors (Lipinski definition) is 0. The lowest BCUT2D eigenvalue weighted by molar-refractivity contribution is 0.104. The first-order valence-electron chi connectivity index (χ1n) is 7.78. The molecule has 0 saturated carbocycles. The minimum Gasteiger partial charge on any atom is -0.289 e. The maximum atomic E-state index is 12.2. The number of allylic oxidation sites excluding steroid dienone is 1. The van der Waals surface area contributed by atoms with E-state index >= 15 is 0 Å². The summed E-state index contributed by atoms with van der Waals surface area (Å²) in [7, 11) is 0. The molecule has 2 heteroatoms. The fraction of sp³-hybridized carbons (Fsp3) is 0. The molecule has 0 heterocycles.